The van der Waals surface area contributed by atoms with Gasteiger partial charge in [0, 0.05) is 21.2 Å². The highest BCUT2D eigenvalue weighted by atomic mass is 79.9. The van der Waals surface area contributed by atoms with E-state index in [1.165, 1.54) is 11.4 Å². The van der Waals surface area contributed by atoms with Crippen molar-refractivity contribution in [3.05, 3.63) is 50.2 Å². The number of fused-ring (bicyclic) bond motifs is 1. The lowest BCUT2D eigenvalue weighted by Gasteiger charge is -2.08. The zero-order chi connectivity index (χ0) is 14.3. The Labute approximate surface area is 134 Å². The number of hydrogen-bond acceptors (Lipinski definition) is 3. The van der Waals surface area contributed by atoms with Gasteiger partial charge in [-0.25, -0.2) is 4.98 Å². The van der Waals surface area contributed by atoms with Crippen molar-refractivity contribution in [2.24, 2.45) is 0 Å². The van der Waals surface area contributed by atoms with Crippen LogP contribution < -0.4 is 5.32 Å². The van der Waals surface area contributed by atoms with Crippen LogP contribution in [0.3, 0.4) is 0 Å². The average Bonchev–Trinajstić information content (AvgIpc) is 2.91. The van der Waals surface area contributed by atoms with Crippen LogP contribution in [0.5, 0.6) is 0 Å². The molecule has 0 radical (unpaired) electrons. The van der Waals surface area contributed by atoms with Gasteiger partial charge in [-0.3, -0.25) is 4.40 Å². The summed E-state index contributed by atoms with van der Waals surface area (Å²) in [5, 5.41) is 6.24. The van der Waals surface area contributed by atoms with Crippen LogP contribution in [-0.4, -0.2) is 9.38 Å². The SMILES string of the molecule is Cc1nc2scc(C)n2c1CNc1ccc(Br)c(Cl)c1. The van der Waals surface area contributed by atoms with Crippen LogP contribution >= 0.6 is 38.9 Å². The summed E-state index contributed by atoms with van der Waals surface area (Å²) in [6.07, 6.45) is 0. The first kappa shape index (κ1) is 13.9. The van der Waals surface area contributed by atoms with Crippen molar-refractivity contribution >= 4 is 49.5 Å². The van der Waals surface area contributed by atoms with Crippen LogP contribution in [0.15, 0.2) is 28.1 Å². The minimum atomic E-state index is 0.705. The summed E-state index contributed by atoms with van der Waals surface area (Å²) in [6, 6.07) is 5.86. The van der Waals surface area contributed by atoms with E-state index in [1.54, 1.807) is 11.3 Å². The zero-order valence-electron chi connectivity index (χ0n) is 11.1. The third-order valence-electron chi connectivity index (χ3n) is 3.21. The largest absolute Gasteiger partial charge is 0.379 e. The molecule has 3 nitrogen and oxygen atoms in total. The number of thiazole rings is 1. The number of halogens is 2. The Hall–Kier alpha value is -1.04. The van der Waals surface area contributed by atoms with Gasteiger partial charge in [0.1, 0.15) is 0 Å². The number of rotatable bonds is 3. The van der Waals surface area contributed by atoms with Crippen molar-refractivity contribution in [1.29, 1.82) is 0 Å². The molecule has 1 aromatic carbocycles. The third-order valence-corrected chi connectivity index (χ3v) is 5.39. The first-order valence-corrected chi connectivity index (χ1v) is 8.22. The summed E-state index contributed by atoms with van der Waals surface area (Å²) in [7, 11) is 0. The van der Waals surface area contributed by atoms with Crippen LogP contribution in [0.25, 0.3) is 4.96 Å². The van der Waals surface area contributed by atoms with Gasteiger partial charge >= 0.3 is 0 Å². The number of anilines is 1. The van der Waals surface area contributed by atoms with Crippen LogP contribution in [-0.2, 0) is 6.54 Å². The normalized spacial score (nSPS) is 11.2. The molecule has 2 heterocycles. The Morgan fingerprint density at radius 3 is 2.95 bits per heavy atom. The molecule has 0 aliphatic carbocycles. The average molecular weight is 371 g/mol. The molecule has 0 atom stereocenters. The summed E-state index contributed by atoms with van der Waals surface area (Å²) in [5.41, 5.74) is 4.48. The first-order chi connectivity index (χ1) is 9.56. The second-order valence-corrected chi connectivity index (χ2v) is 6.72. The molecule has 0 spiro atoms. The third kappa shape index (κ3) is 2.45. The summed E-state index contributed by atoms with van der Waals surface area (Å²) < 4.78 is 3.11. The van der Waals surface area contributed by atoms with Crippen LogP contribution in [0.2, 0.25) is 5.02 Å². The van der Waals surface area contributed by atoms with Gasteiger partial charge in [0.15, 0.2) is 4.96 Å². The number of nitrogens with zero attached hydrogens (tertiary/aromatic N) is 2. The smallest absolute Gasteiger partial charge is 0.194 e. The van der Waals surface area contributed by atoms with E-state index in [4.69, 9.17) is 11.6 Å². The predicted molar refractivity (Wildman–Crippen MR) is 89.0 cm³/mol. The number of aromatic nitrogens is 2. The molecule has 0 amide bonds. The minimum Gasteiger partial charge on any atom is -0.379 e. The van der Waals surface area contributed by atoms with Crippen molar-refractivity contribution in [2.75, 3.05) is 5.32 Å². The van der Waals surface area contributed by atoms with Gasteiger partial charge in [0.2, 0.25) is 0 Å². The fraction of sp³-hybridized carbons (Fsp3) is 0.214. The molecule has 0 aliphatic heterocycles. The number of imidazole rings is 1. The van der Waals surface area contributed by atoms with Crippen molar-refractivity contribution in [3.8, 4) is 0 Å². The molecule has 0 saturated heterocycles. The summed E-state index contributed by atoms with van der Waals surface area (Å²) in [4.78, 5) is 5.63. The van der Waals surface area contributed by atoms with Crippen molar-refractivity contribution < 1.29 is 0 Å². The summed E-state index contributed by atoms with van der Waals surface area (Å²) in [5.74, 6) is 0. The van der Waals surface area contributed by atoms with Gasteiger partial charge < -0.3 is 5.32 Å². The number of nitrogens with one attached hydrogen (secondary N) is 1. The van der Waals surface area contributed by atoms with Gasteiger partial charge in [0.05, 0.1) is 23.0 Å². The maximum atomic E-state index is 6.11. The molecule has 104 valence electrons. The summed E-state index contributed by atoms with van der Waals surface area (Å²) in [6.45, 7) is 4.87. The van der Waals surface area contributed by atoms with Gasteiger partial charge in [-0.15, -0.1) is 11.3 Å². The summed E-state index contributed by atoms with van der Waals surface area (Å²) >= 11 is 11.2. The Balaban J connectivity index is 1.88. The van der Waals surface area contributed by atoms with Crippen LogP contribution in [0.1, 0.15) is 17.1 Å². The monoisotopic (exact) mass is 369 g/mol. The van der Waals surface area contributed by atoms with Gasteiger partial charge in [-0.05, 0) is 48.0 Å². The first-order valence-electron chi connectivity index (χ1n) is 6.17. The molecule has 3 aromatic rings. The Morgan fingerprint density at radius 2 is 2.20 bits per heavy atom. The number of aryl methyl sites for hydroxylation is 2. The lowest BCUT2D eigenvalue weighted by molar-refractivity contribution is 0.966. The second-order valence-electron chi connectivity index (χ2n) is 4.62. The molecule has 20 heavy (non-hydrogen) atoms. The van der Waals surface area contributed by atoms with Crippen LogP contribution in [0.4, 0.5) is 5.69 Å². The van der Waals surface area contributed by atoms with E-state index in [1.807, 2.05) is 25.1 Å². The second kappa shape index (κ2) is 5.39. The van der Waals surface area contributed by atoms with Gasteiger partial charge in [-0.1, -0.05) is 11.6 Å². The fourth-order valence-corrected chi connectivity index (χ4v) is 3.53. The topological polar surface area (TPSA) is 29.3 Å². The highest BCUT2D eigenvalue weighted by molar-refractivity contribution is 9.10. The van der Waals surface area contributed by atoms with Crippen LogP contribution in [0, 0.1) is 13.8 Å². The van der Waals surface area contributed by atoms with E-state index in [-0.39, 0.29) is 0 Å². The highest BCUT2D eigenvalue weighted by Gasteiger charge is 2.11. The maximum Gasteiger partial charge on any atom is 0.194 e. The molecule has 0 unspecified atom stereocenters. The molecular weight excluding hydrogens is 358 g/mol. The minimum absolute atomic E-state index is 0.705. The van der Waals surface area contributed by atoms with Gasteiger partial charge in [-0.2, -0.15) is 0 Å². The molecule has 0 bridgehead atoms. The Kier molecular flexibility index (Phi) is 3.75. The molecule has 6 heteroatoms. The van der Waals surface area contributed by atoms with E-state index in [0.717, 1.165) is 27.4 Å². The van der Waals surface area contributed by atoms with E-state index in [2.05, 4.69) is 42.9 Å². The molecule has 3 rings (SSSR count). The van der Waals surface area contributed by atoms with E-state index < -0.39 is 0 Å². The molecular formula is C14H13BrClN3S. The quantitative estimate of drug-likeness (QED) is 0.700. The number of benzene rings is 1. The van der Waals surface area contributed by atoms with Gasteiger partial charge in [0.25, 0.3) is 0 Å². The molecule has 0 aliphatic rings. The number of hydrogen-bond donors (Lipinski definition) is 1. The van der Waals surface area contributed by atoms with E-state index in [0.29, 0.717) is 5.02 Å². The van der Waals surface area contributed by atoms with Crippen molar-refractivity contribution in [2.45, 2.75) is 20.4 Å². The molecule has 1 N–H and O–H groups in total. The lowest BCUT2D eigenvalue weighted by atomic mass is 10.3. The maximum absolute atomic E-state index is 6.11. The predicted octanol–water partition coefficient (Wildman–Crippen LogP) is 5.04. The fourth-order valence-electron chi connectivity index (χ4n) is 2.17. The van der Waals surface area contributed by atoms with Crippen molar-refractivity contribution in [3.63, 3.8) is 0 Å². The standard InChI is InChI=1S/C14H13BrClN3S/c1-8-7-20-14-18-9(2)13(19(8)14)6-17-10-3-4-11(15)12(16)5-10/h3-5,7,17H,6H2,1-2H3. The van der Waals surface area contributed by atoms with E-state index in [9.17, 15) is 0 Å². The Bertz CT molecular complexity index is 778. The van der Waals surface area contributed by atoms with E-state index >= 15 is 0 Å². The molecule has 0 fully saturated rings. The van der Waals surface area contributed by atoms with Crippen molar-refractivity contribution in [1.82, 2.24) is 9.38 Å². The lowest BCUT2D eigenvalue weighted by Crippen LogP contribution is -2.04. The molecule has 0 saturated carbocycles. The zero-order valence-corrected chi connectivity index (χ0v) is 14.2. The molecule has 2 aromatic heterocycles. The Morgan fingerprint density at radius 1 is 1.40 bits per heavy atom. The highest BCUT2D eigenvalue weighted by Crippen LogP contribution is 2.26.